The Bertz CT molecular complexity index is 750. The topological polar surface area (TPSA) is 61.4 Å². The van der Waals surface area contributed by atoms with Gasteiger partial charge in [0.25, 0.3) is 5.91 Å². The van der Waals surface area contributed by atoms with Crippen LogP contribution in [-0.2, 0) is 6.54 Å². The van der Waals surface area contributed by atoms with Crippen molar-refractivity contribution in [2.24, 2.45) is 0 Å². The molecule has 1 N–H and O–H groups in total. The Morgan fingerprint density at radius 3 is 2.36 bits per heavy atom. The normalized spacial score (nSPS) is 18.8. The third-order valence-corrected chi connectivity index (χ3v) is 5.75. The van der Waals surface area contributed by atoms with Crippen LogP contribution in [-0.4, -0.2) is 58.1 Å². The van der Waals surface area contributed by atoms with Crippen molar-refractivity contribution < 1.29 is 4.79 Å². The lowest BCUT2D eigenvalue weighted by atomic mass is 9.95. The average molecular weight is 380 g/mol. The van der Waals surface area contributed by atoms with Gasteiger partial charge in [-0.3, -0.25) is 9.69 Å². The van der Waals surface area contributed by atoms with Crippen molar-refractivity contribution >= 4 is 11.7 Å². The number of nitrogens with zero attached hydrogens (tertiary/aromatic N) is 4. The van der Waals surface area contributed by atoms with E-state index >= 15 is 0 Å². The SMILES string of the molecule is O=C(c1ccc(NC2CCCCC2)nn1)N1CCN(Cc2ccccc2)CC1. The molecule has 0 spiro atoms. The van der Waals surface area contributed by atoms with Gasteiger partial charge in [0.1, 0.15) is 5.82 Å². The highest BCUT2D eigenvalue weighted by atomic mass is 16.2. The molecule has 0 unspecified atom stereocenters. The molecule has 1 saturated carbocycles. The van der Waals surface area contributed by atoms with Crippen LogP contribution in [0.2, 0.25) is 0 Å². The largest absolute Gasteiger partial charge is 0.366 e. The minimum absolute atomic E-state index is 0.0175. The van der Waals surface area contributed by atoms with Gasteiger partial charge in [-0.2, -0.15) is 0 Å². The second-order valence-electron chi connectivity index (χ2n) is 7.84. The fourth-order valence-corrected chi connectivity index (χ4v) is 4.09. The van der Waals surface area contributed by atoms with Gasteiger partial charge in [-0.25, -0.2) is 0 Å². The summed E-state index contributed by atoms with van der Waals surface area (Å²) in [6, 6.07) is 14.7. The molecule has 0 radical (unpaired) electrons. The maximum Gasteiger partial charge on any atom is 0.274 e. The van der Waals surface area contributed by atoms with Crippen molar-refractivity contribution in [1.29, 1.82) is 0 Å². The highest BCUT2D eigenvalue weighted by Crippen LogP contribution is 2.20. The second kappa shape index (κ2) is 9.15. The van der Waals surface area contributed by atoms with Crippen molar-refractivity contribution in [3.05, 3.63) is 53.7 Å². The van der Waals surface area contributed by atoms with E-state index in [1.54, 1.807) is 6.07 Å². The van der Waals surface area contributed by atoms with Crippen LogP contribution in [0.5, 0.6) is 0 Å². The molecule has 2 heterocycles. The maximum absolute atomic E-state index is 12.8. The number of carbonyl (C=O) groups is 1. The molecule has 6 heteroatoms. The number of aromatic nitrogens is 2. The van der Waals surface area contributed by atoms with Crippen LogP contribution in [0.3, 0.4) is 0 Å². The summed E-state index contributed by atoms with van der Waals surface area (Å²) in [4.78, 5) is 17.0. The molecule has 0 atom stereocenters. The van der Waals surface area contributed by atoms with Gasteiger partial charge >= 0.3 is 0 Å². The van der Waals surface area contributed by atoms with Crippen LogP contribution in [0.1, 0.15) is 48.2 Å². The molecular weight excluding hydrogens is 350 g/mol. The number of amides is 1. The van der Waals surface area contributed by atoms with Gasteiger partial charge in [0.2, 0.25) is 0 Å². The molecule has 1 aliphatic carbocycles. The molecule has 2 aliphatic rings. The zero-order valence-corrected chi connectivity index (χ0v) is 16.4. The first kappa shape index (κ1) is 18.9. The fourth-order valence-electron chi connectivity index (χ4n) is 4.09. The smallest absolute Gasteiger partial charge is 0.274 e. The van der Waals surface area contributed by atoms with E-state index in [0.717, 1.165) is 38.5 Å². The molecule has 2 fully saturated rings. The number of nitrogens with one attached hydrogen (secondary N) is 1. The summed E-state index contributed by atoms with van der Waals surface area (Å²) in [5.41, 5.74) is 1.75. The first-order valence-electron chi connectivity index (χ1n) is 10.4. The van der Waals surface area contributed by atoms with Crippen molar-refractivity contribution in [3.63, 3.8) is 0 Å². The van der Waals surface area contributed by atoms with E-state index in [2.05, 4.69) is 44.7 Å². The number of benzene rings is 1. The van der Waals surface area contributed by atoms with E-state index in [9.17, 15) is 4.79 Å². The van der Waals surface area contributed by atoms with Crippen LogP contribution in [0.15, 0.2) is 42.5 Å². The molecule has 1 amide bonds. The second-order valence-corrected chi connectivity index (χ2v) is 7.84. The molecule has 4 rings (SSSR count). The molecule has 6 nitrogen and oxygen atoms in total. The van der Waals surface area contributed by atoms with E-state index in [4.69, 9.17) is 0 Å². The quantitative estimate of drug-likeness (QED) is 0.865. The number of piperazine rings is 1. The van der Waals surface area contributed by atoms with Crippen molar-refractivity contribution in [1.82, 2.24) is 20.0 Å². The number of rotatable bonds is 5. The average Bonchev–Trinajstić information content (AvgIpc) is 2.76. The number of hydrogen-bond donors (Lipinski definition) is 1. The monoisotopic (exact) mass is 379 g/mol. The van der Waals surface area contributed by atoms with E-state index in [1.807, 2.05) is 17.0 Å². The predicted molar refractivity (Wildman–Crippen MR) is 110 cm³/mol. The summed E-state index contributed by atoms with van der Waals surface area (Å²) in [7, 11) is 0. The molecular formula is C22H29N5O. The van der Waals surface area contributed by atoms with Crippen molar-refractivity contribution in [3.8, 4) is 0 Å². The Kier molecular flexibility index (Phi) is 6.17. The summed E-state index contributed by atoms with van der Waals surface area (Å²) >= 11 is 0. The van der Waals surface area contributed by atoms with E-state index in [-0.39, 0.29) is 5.91 Å². The van der Waals surface area contributed by atoms with Gasteiger partial charge < -0.3 is 10.2 Å². The molecule has 1 aliphatic heterocycles. The first-order valence-corrected chi connectivity index (χ1v) is 10.4. The zero-order chi connectivity index (χ0) is 19.2. The van der Waals surface area contributed by atoms with E-state index < -0.39 is 0 Å². The Morgan fingerprint density at radius 2 is 1.68 bits per heavy atom. The van der Waals surface area contributed by atoms with Gasteiger partial charge in [0, 0.05) is 38.8 Å². The van der Waals surface area contributed by atoms with E-state index in [0.29, 0.717) is 11.7 Å². The standard InChI is InChI=1S/C22H29N5O/c28-22(20-11-12-21(25-24-20)23-19-9-5-2-6-10-19)27-15-13-26(14-16-27)17-18-7-3-1-4-8-18/h1,3-4,7-8,11-12,19H,2,5-6,9-10,13-17H2,(H,23,25). The predicted octanol–water partition coefficient (Wildman–Crippen LogP) is 3.18. The highest BCUT2D eigenvalue weighted by molar-refractivity contribution is 5.92. The number of anilines is 1. The third kappa shape index (κ3) is 4.87. The van der Waals surface area contributed by atoms with Gasteiger partial charge in [-0.15, -0.1) is 10.2 Å². The molecule has 1 saturated heterocycles. The highest BCUT2D eigenvalue weighted by Gasteiger charge is 2.23. The molecule has 2 aromatic rings. The molecule has 0 bridgehead atoms. The van der Waals surface area contributed by atoms with Crippen LogP contribution in [0, 0.1) is 0 Å². The fraction of sp³-hybridized carbons (Fsp3) is 0.500. The first-order chi connectivity index (χ1) is 13.8. The zero-order valence-electron chi connectivity index (χ0n) is 16.4. The van der Waals surface area contributed by atoms with Crippen LogP contribution >= 0.6 is 0 Å². The minimum atomic E-state index is -0.0175. The number of carbonyl (C=O) groups excluding carboxylic acids is 1. The van der Waals surface area contributed by atoms with Gasteiger partial charge in [0.05, 0.1) is 0 Å². The van der Waals surface area contributed by atoms with Crippen molar-refractivity contribution in [2.45, 2.75) is 44.7 Å². The maximum atomic E-state index is 12.8. The molecule has 28 heavy (non-hydrogen) atoms. The van der Waals surface area contributed by atoms with Crippen LogP contribution in [0.25, 0.3) is 0 Å². The Labute approximate surface area is 166 Å². The number of hydrogen-bond acceptors (Lipinski definition) is 5. The molecule has 1 aromatic carbocycles. The van der Waals surface area contributed by atoms with Gasteiger partial charge in [-0.1, -0.05) is 49.6 Å². The summed E-state index contributed by atoms with van der Waals surface area (Å²) in [5.74, 6) is 0.757. The Hall–Kier alpha value is -2.47. The van der Waals surface area contributed by atoms with Crippen LogP contribution < -0.4 is 5.32 Å². The van der Waals surface area contributed by atoms with E-state index in [1.165, 1.54) is 37.7 Å². The Balaban J connectivity index is 1.27. The lowest BCUT2D eigenvalue weighted by Crippen LogP contribution is -2.48. The summed E-state index contributed by atoms with van der Waals surface area (Å²) in [6.07, 6.45) is 6.26. The Morgan fingerprint density at radius 1 is 0.929 bits per heavy atom. The molecule has 148 valence electrons. The minimum Gasteiger partial charge on any atom is -0.366 e. The summed E-state index contributed by atoms with van der Waals surface area (Å²) in [5, 5.41) is 11.9. The van der Waals surface area contributed by atoms with Gasteiger partial charge in [0.15, 0.2) is 5.69 Å². The lowest BCUT2D eigenvalue weighted by molar-refractivity contribution is 0.0621. The summed E-state index contributed by atoms with van der Waals surface area (Å²) < 4.78 is 0. The van der Waals surface area contributed by atoms with Gasteiger partial charge in [-0.05, 0) is 30.5 Å². The summed E-state index contributed by atoms with van der Waals surface area (Å²) in [6.45, 7) is 4.17. The molecule has 1 aromatic heterocycles. The van der Waals surface area contributed by atoms with Crippen LogP contribution in [0.4, 0.5) is 5.82 Å². The lowest BCUT2D eigenvalue weighted by Gasteiger charge is -2.34. The van der Waals surface area contributed by atoms with Crippen molar-refractivity contribution in [2.75, 3.05) is 31.5 Å². The third-order valence-electron chi connectivity index (χ3n) is 5.75.